The molecule has 0 aromatic heterocycles. The van der Waals surface area contributed by atoms with E-state index in [4.69, 9.17) is 10.5 Å². The van der Waals surface area contributed by atoms with Gasteiger partial charge in [-0.15, -0.1) is 0 Å². The molecule has 1 saturated heterocycles. The van der Waals surface area contributed by atoms with E-state index in [0.717, 1.165) is 25.5 Å². The average Bonchev–Trinajstić information content (AvgIpc) is 3.30. The molecule has 1 heterocycles. The Labute approximate surface area is 121 Å². The molecule has 1 aromatic rings. The Morgan fingerprint density at radius 1 is 1.29 bits per heavy atom. The molecule has 3 rings (SSSR count). The van der Waals surface area contributed by atoms with E-state index in [1.807, 2.05) is 0 Å². The lowest BCUT2D eigenvalue weighted by atomic mass is 9.96. The summed E-state index contributed by atoms with van der Waals surface area (Å²) in [5, 5.41) is 0. The minimum Gasteiger partial charge on any atom is -0.374 e. The van der Waals surface area contributed by atoms with Crippen molar-refractivity contribution in [1.29, 1.82) is 0 Å². The molecule has 2 N–H and O–H groups in total. The first-order valence-corrected chi connectivity index (χ1v) is 7.25. The Bertz CT molecular complexity index is 502. The van der Waals surface area contributed by atoms with E-state index < -0.39 is 11.7 Å². The molecular formula is C15H19F3N2O. The summed E-state index contributed by atoms with van der Waals surface area (Å²) < 4.78 is 44.4. The van der Waals surface area contributed by atoms with Crippen LogP contribution >= 0.6 is 0 Å². The molecule has 116 valence electrons. The third kappa shape index (κ3) is 3.07. The predicted molar refractivity (Wildman–Crippen MR) is 72.7 cm³/mol. The fourth-order valence-electron chi connectivity index (χ4n) is 3.07. The lowest BCUT2D eigenvalue weighted by molar-refractivity contribution is -0.137. The van der Waals surface area contributed by atoms with Gasteiger partial charge in [0.2, 0.25) is 0 Å². The summed E-state index contributed by atoms with van der Waals surface area (Å²) in [7, 11) is 0. The highest BCUT2D eigenvalue weighted by atomic mass is 19.4. The van der Waals surface area contributed by atoms with Crippen molar-refractivity contribution in [2.45, 2.75) is 37.2 Å². The molecule has 6 heteroatoms. The van der Waals surface area contributed by atoms with Gasteiger partial charge in [-0.25, -0.2) is 0 Å². The van der Waals surface area contributed by atoms with Crippen LogP contribution in [0.5, 0.6) is 0 Å². The quantitative estimate of drug-likeness (QED) is 0.932. The lowest BCUT2D eigenvalue weighted by Gasteiger charge is -2.41. The van der Waals surface area contributed by atoms with Crippen LogP contribution < -0.4 is 5.73 Å². The normalized spacial score (nSPS) is 27.8. The highest BCUT2D eigenvalue weighted by molar-refractivity contribution is 5.29. The number of hydrogen-bond acceptors (Lipinski definition) is 3. The maximum atomic E-state index is 12.9. The molecule has 0 amide bonds. The number of morpholine rings is 1. The second-order valence-corrected chi connectivity index (χ2v) is 5.68. The summed E-state index contributed by atoms with van der Waals surface area (Å²) >= 11 is 0. The molecule has 0 spiro atoms. The molecule has 1 aliphatic heterocycles. The van der Waals surface area contributed by atoms with Gasteiger partial charge >= 0.3 is 6.18 Å². The second-order valence-electron chi connectivity index (χ2n) is 5.68. The van der Waals surface area contributed by atoms with Crippen molar-refractivity contribution in [3.8, 4) is 0 Å². The van der Waals surface area contributed by atoms with Gasteiger partial charge in [-0.05, 0) is 30.5 Å². The van der Waals surface area contributed by atoms with Gasteiger partial charge in [0.25, 0.3) is 0 Å². The highest BCUT2D eigenvalue weighted by Gasteiger charge is 2.41. The highest BCUT2D eigenvalue weighted by Crippen LogP contribution is 2.40. The van der Waals surface area contributed by atoms with E-state index in [1.54, 1.807) is 6.07 Å². The van der Waals surface area contributed by atoms with Gasteiger partial charge in [0, 0.05) is 19.1 Å². The molecule has 1 saturated carbocycles. The van der Waals surface area contributed by atoms with Crippen molar-refractivity contribution in [2.75, 3.05) is 19.7 Å². The van der Waals surface area contributed by atoms with Gasteiger partial charge in [0.1, 0.15) is 0 Å². The molecule has 1 aliphatic carbocycles. The minimum absolute atomic E-state index is 0.182. The van der Waals surface area contributed by atoms with E-state index in [9.17, 15) is 13.2 Å². The topological polar surface area (TPSA) is 38.5 Å². The summed E-state index contributed by atoms with van der Waals surface area (Å²) in [5.41, 5.74) is 5.80. The number of nitrogens with zero attached hydrogens (tertiary/aromatic N) is 1. The van der Waals surface area contributed by atoms with Crippen LogP contribution in [0, 0.1) is 0 Å². The molecule has 2 aliphatic rings. The SMILES string of the molecule is NCC1OCCN(C2CC2)C1c1cccc(C(F)(F)F)c1. The van der Waals surface area contributed by atoms with Crippen LogP contribution in [-0.4, -0.2) is 36.7 Å². The van der Waals surface area contributed by atoms with Crippen molar-refractivity contribution < 1.29 is 17.9 Å². The zero-order valence-corrected chi connectivity index (χ0v) is 11.6. The molecule has 0 bridgehead atoms. The molecule has 1 aromatic carbocycles. The number of hydrogen-bond donors (Lipinski definition) is 1. The number of rotatable bonds is 3. The first-order chi connectivity index (χ1) is 10.0. The third-order valence-corrected chi connectivity index (χ3v) is 4.19. The van der Waals surface area contributed by atoms with E-state index in [2.05, 4.69) is 4.90 Å². The Morgan fingerprint density at radius 2 is 2.05 bits per heavy atom. The summed E-state index contributed by atoms with van der Waals surface area (Å²) in [4.78, 5) is 2.26. The first kappa shape index (κ1) is 14.8. The number of nitrogens with two attached hydrogens (primary N) is 1. The predicted octanol–water partition coefficient (Wildman–Crippen LogP) is 2.57. The number of alkyl halides is 3. The van der Waals surface area contributed by atoms with Crippen molar-refractivity contribution in [2.24, 2.45) is 5.73 Å². The minimum atomic E-state index is -4.33. The van der Waals surface area contributed by atoms with Gasteiger partial charge in [0.05, 0.1) is 24.3 Å². The van der Waals surface area contributed by atoms with E-state index in [0.29, 0.717) is 24.8 Å². The Hall–Kier alpha value is -1.11. The Balaban J connectivity index is 1.94. The molecule has 2 atom stereocenters. The Morgan fingerprint density at radius 3 is 2.67 bits per heavy atom. The summed E-state index contributed by atoms with van der Waals surface area (Å²) in [5.74, 6) is 0. The van der Waals surface area contributed by atoms with Crippen molar-refractivity contribution in [1.82, 2.24) is 4.90 Å². The van der Waals surface area contributed by atoms with Crippen LogP contribution in [-0.2, 0) is 10.9 Å². The third-order valence-electron chi connectivity index (χ3n) is 4.19. The zero-order chi connectivity index (χ0) is 15.0. The molecule has 0 radical (unpaired) electrons. The Kier molecular flexibility index (Phi) is 3.94. The van der Waals surface area contributed by atoms with Gasteiger partial charge in [-0.2, -0.15) is 13.2 Å². The number of ether oxygens (including phenoxy) is 1. The number of halogens is 3. The second kappa shape index (κ2) is 5.59. The standard InChI is InChI=1S/C15H19F3N2O/c16-15(17,18)11-3-1-2-10(8-11)14-13(9-19)21-7-6-20(14)12-4-5-12/h1-3,8,12-14H,4-7,9,19H2. The monoisotopic (exact) mass is 300 g/mol. The van der Waals surface area contributed by atoms with E-state index in [1.165, 1.54) is 12.1 Å². The largest absolute Gasteiger partial charge is 0.416 e. The smallest absolute Gasteiger partial charge is 0.374 e. The van der Waals surface area contributed by atoms with E-state index >= 15 is 0 Å². The lowest BCUT2D eigenvalue weighted by Crippen LogP contribution is -2.49. The van der Waals surface area contributed by atoms with Crippen molar-refractivity contribution >= 4 is 0 Å². The van der Waals surface area contributed by atoms with Crippen molar-refractivity contribution in [3.05, 3.63) is 35.4 Å². The summed E-state index contributed by atoms with van der Waals surface area (Å²) in [6.07, 6.45) is -2.36. The molecular weight excluding hydrogens is 281 g/mol. The summed E-state index contributed by atoms with van der Waals surface area (Å²) in [6, 6.07) is 5.82. The van der Waals surface area contributed by atoms with Gasteiger partial charge < -0.3 is 10.5 Å². The molecule has 3 nitrogen and oxygen atoms in total. The van der Waals surface area contributed by atoms with Gasteiger partial charge in [-0.3, -0.25) is 4.90 Å². The van der Waals surface area contributed by atoms with Crippen molar-refractivity contribution in [3.63, 3.8) is 0 Å². The van der Waals surface area contributed by atoms with Crippen LogP contribution in [0.15, 0.2) is 24.3 Å². The van der Waals surface area contributed by atoms with Gasteiger partial charge in [0.15, 0.2) is 0 Å². The molecule has 2 fully saturated rings. The van der Waals surface area contributed by atoms with Crippen LogP contribution in [0.1, 0.15) is 30.0 Å². The first-order valence-electron chi connectivity index (χ1n) is 7.25. The number of benzene rings is 1. The van der Waals surface area contributed by atoms with Gasteiger partial charge in [-0.1, -0.05) is 12.1 Å². The zero-order valence-electron chi connectivity index (χ0n) is 11.6. The average molecular weight is 300 g/mol. The summed E-state index contributed by atoms with van der Waals surface area (Å²) in [6.45, 7) is 1.65. The van der Waals surface area contributed by atoms with Crippen LogP contribution in [0.2, 0.25) is 0 Å². The van der Waals surface area contributed by atoms with Crippen LogP contribution in [0.25, 0.3) is 0 Å². The molecule has 21 heavy (non-hydrogen) atoms. The fraction of sp³-hybridized carbons (Fsp3) is 0.600. The maximum Gasteiger partial charge on any atom is 0.416 e. The van der Waals surface area contributed by atoms with E-state index in [-0.39, 0.29) is 12.1 Å². The van der Waals surface area contributed by atoms with Crippen LogP contribution in [0.4, 0.5) is 13.2 Å². The maximum absolute atomic E-state index is 12.9. The fourth-order valence-corrected chi connectivity index (χ4v) is 3.07. The van der Waals surface area contributed by atoms with Crippen LogP contribution in [0.3, 0.4) is 0 Å². The molecule has 2 unspecified atom stereocenters.